The number of hydrogen-bond donors (Lipinski definition) is 0. The van der Waals surface area contributed by atoms with Crippen LogP contribution in [0.4, 0.5) is 5.69 Å². The van der Waals surface area contributed by atoms with E-state index in [0.29, 0.717) is 6.54 Å². The molecule has 3 aliphatic heterocycles. The molecule has 3 saturated heterocycles. The average Bonchev–Trinajstić information content (AvgIpc) is 2.17. The molecule has 4 rings (SSSR count). The van der Waals surface area contributed by atoms with Crippen LogP contribution < -0.4 is 4.90 Å². The molecule has 2 atom stereocenters. The molecule has 2 bridgehead atoms. The number of piperidine rings is 1. The van der Waals surface area contributed by atoms with Gasteiger partial charge in [0.15, 0.2) is 0 Å². The van der Waals surface area contributed by atoms with E-state index in [1.807, 2.05) is 35.2 Å². The first kappa shape index (κ1) is 8.00. The van der Waals surface area contributed by atoms with Crippen molar-refractivity contribution in [1.29, 1.82) is 0 Å². The van der Waals surface area contributed by atoms with Crippen LogP contribution in [0.3, 0.4) is 0 Å². The molecule has 14 heavy (non-hydrogen) atoms. The molecule has 0 aliphatic carbocycles. The van der Waals surface area contributed by atoms with E-state index in [1.54, 1.807) is 0 Å². The molecular formula is C11H11NO2. The van der Waals surface area contributed by atoms with E-state index in [1.165, 1.54) is 0 Å². The fraction of sp³-hybridized carbons (Fsp3) is 0.364. The largest absolute Gasteiger partial charge is 0.363 e. The second-order valence-electron chi connectivity index (χ2n) is 3.77. The van der Waals surface area contributed by atoms with Gasteiger partial charge in [-0.3, -0.25) is 4.79 Å². The summed E-state index contributed by atoms with van der Waals surface area (Å²) >= 11 is 0. The van der Waals surface area contributed by atoms with Crippen LogP contribution in [0, 0.1) is 0 Å². The number of nitrogens with zero attached hydrogens (tertiary/aromatic N) is 1. The Labute approximate surface area is 82.3 Å². The SMILES string of the molecule is O=C1C2CC(CN1c1ccccc1)O2. The number of benzene rings is 1. The van der Waals surface area contributed by atoms with Crippen LogP contribution in [-0.4, -0.2) is 24.7 Å². The lowest BCUT2D eigenvalue weighted by Crippen LogP contribution is -2.61. The lowest BCUT2D eigenvalue weighted by atomic mass is 9.97. The summed E-state index contributed by atoms with van der Waals surface area (Å²) in [6, 6.07) is 9.77. The van der Waals surface area contributed by atoms with E-state index in [2.05, 4.69) is 0 Å². The lowest BCUT2D eigenvalue weighted by molar-refractivity contribution is -0.169. The Morgan fingerprint density at radius 2 is 2.00 bits per heavy atom. The molecule has 3 nitrogen and oxygen atoms in total. The zero-order valence-electron chi connectivity index (χ0n) is 7.72. The summed E-state index contributed by atoms with van der Waals surface area (Å²) in [6.45, 7) is 0.708. The zero-order valence-corrected chi connectivity index (χ0v) is 7.72. The van der Waals surface area contributed by atoms with Crippen LogP contribution in [0.15, 0.2) is 30.3 Å². The summed E-state index contributed by atoms with van der Waals surface area (Å²) in [5.74, 6) is 0.110. The summed E-state index contributed by atoms with van der Waals surface area (Å²) in [4.78, 5) is 13.6. The topological polar surface area (TPSA) is 29.5 Å². The molecule has 0 N–H and O–H groups in total. The highest BCUT2D eigenvalue weighted by Crippen LogP contribution is 2.31. The summed E-state index contributed by atoms with van der Waals surface area (Å²) in [6.07, 6.45) is 0.995. The number of ether oxygens (including phenoxy) is 1. The Hall–Kier alpha value is -1.35. The molecule has 0 aromatic heterocycles. The second kappa shape index (κ2) is 2.82. The van der Waals surface area contributed by atoms with Crippen LogP contribution in [0.1, 0.15) is 6.42 Å². The van der Waals surface area contributed by atoms with Gasteiger partial charge in [-0.2, -0.15) is 0 Å². The predicted octanol–water partition coefficient (Wildman–Crippen LogP) is 1.19. The molecule has 3 heteroatoms. The molecule has 1 aromatic carbocycles. The summed E-state index contributed by atoms with van der Waals surface area (Å²) < 4.78 is 5.35. The van der Waals surface area contributed by atoms with Crippen LogP contribution in [0.5, 0.6) is 0 Å². The monoisotopic (exact) mass is 189 g/mol. The van der Waals surface area contributed by atoms with Crippen molar-refractivity contribution in [2.75, 3.05) is 11.4 Å². The maximum atomic E-state index is 11.8. The normalized spacial score (nSPS) is 30.0. The van der Waals surface area contributed by atoms with Crippen molar-refractivity contribution in [1.82, 2.24) is 0 Å². The maximum Gasteiger partial charge on any atom is 0.256 e. The van der Waals surface area contributed by atoms with Gasteiger partial charge in [-0.25, -0.2) is 0 Å². The second-order valence-corrected chi connectivity index (χ2v) is 3.77. The zero-order chi connectivity index (χ0) is 9.54. The highest BCUT2D eigenvalue weighted by atomic mass is 16.5. The maximum absolute atomic E-state index is 11.8. The quantitative estimate of drug-likeness (QED) is 0.664. The van der Waals surface area contributed by atoms with Crippen molar-refractivity contribution in [3.63, 3.8) is 0 Å². The minimum Gasteiger partial charge on any atom is -0.363 e. The molecular weight excluding hydrogens is 178 g/mol. The average molecular weight is 189 g/mol. The van der Waals surface area contributed by atoms with Crippen molar-refractivity contribution in [2.24, 2.45) is 0 Å². The third kappa shape index (κ3) is 1.06. The number of rotatable bonds is 1. The first-order chi connectivity index (χ1) is 6.84. The number of morpholine rings is 1. The molecule has 3 fully saturated rings. The van der Waals surface area contributed by atoms with E-state index in [4.69, 9.17) is 4.74 Å². The number of amides is 1. The van der Waals surface area contributed by atoms with Crippen molar-refractivity contribution in [2.45, 2.75) is 18.6 Å². The van der Waals surface area contributed by atoms with Gasteiger partial charge in [0.2, 0.25) is 0 Å². The summed E-state index contributed by atoms with van der Waals surface area (Å²) in [5.41, 5.74) is 0.982. The van der Waals surface area contributed by atoms with E-state index in [9.17, 15) is 4.79 Å². The van der Waals surface area contributed by atoms with Gasteiger partial charge >= 0.3 is 0 Å². The number of anilines is 1. The van der Waals surface area contributed by atoms with Gasteiger partial charge in [-0.1, -0.05) is 18.2 Å². The first-order valence-electron chi connectivity index (χ1n) is 4.86. The Balaban J connectivity index is 1.89. The van der Waals surface area contributed by atoms with Crippen LogP contribution in [0.25, 0.3) is 0 Å². The van der Waals surface area contributed by atoms with Crippen LogP contribution in [0.2, 0.25) is 0 Å². The molecule has 3 heterocycles. The summed E-state index contributed by atoms with van der Waals surface area (Å²) in [5, 5.41) is 0. The van der Waals surface area contributed by atoms with Crippen LogP contribution in [-0.2, 0) is 9.53 Å². The molecule has 0 saturated carbocycles. The van der Waals surface area contributed by atoms with E-state index in [0.717, 1.165) is 12.1 Å². The Morgan fingerprint density at radius 1 is 1.29 bits per heavy atom. The first-order valence-corrected chi connectivity index (χ1v) is 4.86. The van der Waals surface area contributed by atoms with Crippen molar-refractivity contribution in [3.8, 4) is 0 Å². The van der Waals surface area contributed by atoms with E-state index in [-0.39, 0.29) is 18.1 Å². The highest BCUT2D eigenvalue weighted by molar-refractivity contribution is 5.98. The van der Waals surface area contributed by atoms with Crippen LogP contribution >= 0.6 is 0 Å². The van der Waals surface area contributed by atoms with Gasteiger partial charge in [0.25, 0.3) is 5.91 Å². The molecule has 1 amide bonds. The highest BCUT2D eigenvalue weighted by Gasteiger charge is 2.45. The Kier molecular flexibility index (Phi) is 1.61. The van der Waals surface area contributed by atoms with Gasteiger partial charge in [0.1, 0.15) is 6.10 Å². The van der Waals surface area contributed by atoms with Gasteiger partial charge in [-0.05, 0) is 12.1 Å². The smallest absolute Gasteiger partial charge is 0.256 e. The number of para-hydroxylation sites is 1. The van der Waals surface area contributed by atoms with Gasteiger partial charge in [0, 0.05) is 12.1 Å². The molecule has 72 valence electrons. The third-order valence-corrected chi connectivity index (χ3v) is 2.83. The van der Waals surface area contributed by atoms with Gasteiger partial charge in [0.05, 0.1) is 12.6 Å². The number of fused-ring (bicyclic) bond motifs is 2. The molecule has 1 aromatic rings. The van der Waals surface area contributed by atoms with E-state index >= 15 is 0 Å². The minimum absolute atomic E-state index is 0.110. The van der Waals surface area contributed by atoms with Crippen molar-refractivity contribution >= 4 is 11.6 Å². The predicted molar refractivity (Wildman–Crippen MR) is 52.1 cm³/mol. The molecule has 2 unspecified atom stereocenters. The summed E-state index contributed by atoms with van der Waals surface area (Å²) in [7, 11) is 0. The lowest BCUT2D eigenvalue weighted by Gasteiger charge is -2.45. The standard InChI is InChI=1S/C11H11NO2/c13-11-10-6-9(14-10)7-12(11)8-4-2-1-3-5-8/h1-5,9-10H,6-7H2. The fourth-order valence-electron chi connectivity index (χ4n) is 2.04. The molecule has 0 spiro atoms. The Bertz CT molecular complexity index is 357. The van der Waals surface area contributed by atoms with Crippen molar-refractivity contribution < 1.29 is 9.53 Å². The minimum atomic E-state index is -0.172. The Morgan fingerprint density at radius 3 is 2.64 bits per heavy atom. The third-order valence-electron chi connectivity index (χ3n) is 2.83. The molecule has 3 aliphatic rings. The molecule has 0 radical (unpaired) electrons. The number of hydrogen-bond acceptors (Lipinski definition) is 2. The van der Waals surface area contributed by atoms with Crippen molar-refractivity contribution in [3.05, 3.63) is 30.3 Å². The number of carbonyl (C=O) groups excluding carboxylic acids is 1. The van der Waals surface area contributed by atoms with Gasteiger partial charge in [-0.15, -0.1) is 0 Å². The van der Waals surface area contributed by atoms with Gasteiger partial charge < -0.3 is 9.64 Å². The number of carbonyl (C=O) groups is 1. The fourth-order valence-corrected chi connectivity index (χ4v) is 2.04. The van der Waals surface area contributed by atoms with E-state index < -0.39 is 0 Å².